The number of hydrogen-bond acceptors (Lipinski definition) is 4. The number of nitrogens with zero attached hydrogens (tertiary/aromatic N) is 2. The van der Waals surface area contributed by atoms with Crippen molar-refractivity contribution in [3.63, 3.8) is 0 Å². The number of rotatable bonds is 5. The van der Waals surface area contributed by atoms with Crippen LogP contribution in [0.5, 0.6) is 0 Å². The van der Waals surface area contributed by atoms with E-state index >= 15 is 0 Å². The molecule has 4 atom stereocenters. The smallest absolute Gasteiger partial charge is 0.0623 e. The fraction of sp³-hybridized carbons (Fsp3) is 1.00. The number of ether oxygens (including phenoxy) is 1. The maximum atomic E-state index is 5.75. The van der Waals surface area contributed by atoms with Gasteiger partial charge in [-0.2, -0.15) is 0 Å². The lowest BCUT2D eigenvalue weighted by Gasteiger charge is -2.48. The second-order valence-corrected chi connectivity index (χ2v) is 7.31. The first-order chi connectivity index (χ1) is 10.3. The van der Waals surface area contributed by atoms with E-state index in [1.807, 2.05) is 0 Å². The van der Waals surface area contributed by atoms with E-state index in [4.69, 9.17) is 4.74 Å². The van der Waals surface area contributed by atoms with Gasteiger partial charge in [0.2, 0.25) is 0 Å². The minimum atomic E-state index is 0.571. The number of hydrogen-bond donors (Lipinski definition) is 1. The Morgan fingerprint density at radius 3 is 2.95 bits per heavy atom. The van der Waals surface area contributed by atoms with Crippen LogP contribution in [0.25, 0.3) is 0 Å². The summed E-state index contributed by atoms with van der Waals surface area (Å²) in [5.74, 6) is 0.675. The fourth-order valence-corrected chi connectivity index (χ4v) is 4.30. The van der Waals surface area contributed by atoms with Gasteiger partial charge in [-0.05, 0) is 39.3 Å². The van der Waals surface area contributed by atoms with Crippen molar-refractivity contribution >= 4 is 0 Å². The molecule has 4 unspecified atom stereocenters. The van der Waals surface area contributed by atoms with E-state index < -0.39 is 0 Å². The van der Waals surface area contributed by atoms with Crippen molar-refractivity contribution in [2.45, 2.75) is 57.7 Å². The van der Waals surface area contributed by atoms with Crippen LogP contribution in [0.15, 0.2) is 0 Å². The van der Waals surface area contributed by atoms with Crippen LogP contribution in [-0.2, 0) is 4.74 Å². The maximum Gasteiger partial charge on any atom is 0.0623 e. The molecule has 0 bridgehead atoms. The molecular weight excluding hydrogens is 262 g/mol. The Bertz CT molecular complexity index is 325. The molecule has 0 saturated carbocycles. The molecule has 3 saturated heterocycles. The van der Waals surface area contributed by atoms with Crippen LogP contribution in [0.1, 0.15) is 39.5 Å². The van der Waals surface area contributed by atoms with Gasteiger partial charge in [0.15, 0.2) is 0 Å². The molecule has 122 valence electrons. The molecule has 3 aliphatic heterocycles. The SMILES string of the molecule is CCCNC1COCC1CN1CC2CCCCN2CC1C. The van der Waals surface area contributed by atoms with E-state index in [0.717, 1.165) is 25.8 Å². The van der Waals surface area contributed by atoms with E-state index in [-0.39, 0.29) is 0 Å². The summed E-state index contributed by atoms with van der Waals surface area (Å²) in [5, 5.41) is 3.68. The standard InChI is InChI=1S/C17H33N3O/c1-3-7-18-17-13-21-12-15(17)10-20-11-16-6-4-5-8-19(16)9-14(20)2/h14-18H,3-13H2,1-2H3. The topological polar surface area (TPSA) is 27.7 Å². The number of piperidine rings is 1. The van der Waals surface area contributed by atoms with E-state index in [9.17, 15) is 0 Å². The first kappa shape index (κ1) is 15.7. The predicted molar refractivity (Wildman–Crippen MR) is 86.6 cm³/mol. The Morgan fingerprint density at radius 2 is 2.10 bits per heavy atom. The average Bonchev–Trinajstić information content (AvgIpc) is 2.93. The van der Waals surface area contributed by atoms with E-state index in [2.05, 4.69) is 29.0 Å². The highest BCUT2D eigenvalue weighted by molar-refractivity contribution is 4.92. The minimum absolute atomic E-state index is 0.571. The highest BCUT2D eigenvalue weighted by Gasteiger charge is 2.36. The molecule has 0 aromatic rings. The second-order valence-electron chi connectivity index (χ2n) is 7.31. The van der Waals surface area contributed by atoms with Crippen molar-refractivity contribution in [1.29, 1.82) is 0 Å². The zero-order valence-electron chi connectivity index (χ0n) is 13.9. The summed E-state index contributed by atoms with van der Waals surface area (Å²) in [6, 6.07) is 2.09. The normalized spacial score (nSPS) is 38.6. The molecule has 3 aliphatic rings. The van der Waals surface area contributed by atoms with Gasteiger partial charge < -0.3 is 10.1 Å². The first-order valence-corrected chi connectivity index (χ1v) is 9.07. The summed E-state index contributed by atoms with van der Waals surface area (Å²) < 4.78 is 5.75. The molecule has 0 radical (unpaired) electrons. The molecule has 3 fully saturated rings. The maximum absolute atomic E-state index is 5.75. The summed E-state index contributed by atoms with van der Waals surface area (Å²) in [7, 11) is 0. The third kappa shape index (κ3) is 3.79. The zero-order valence-corrected chi connectivity index (χ0v) is 13.9. The molecule has 3 rings (SSSR count). The highest BCUT2D eigenvalue weighted by atomic mass is 16.5. The van der Waals surface area contributed by atoms with Gasteiger partial charge in [0.05, 0.1) is 13.2 Å². The summed E-state index contributed by atoms with van der Waals surface area (Å²) >= 11 is 0. The molecule has 4 nitrogen and oxygen atoms in total. The summed E-state index contributed by atoms with van der Waals surface area (Å²) in [4.78, 5) is 5.48. The van der Waals surface area contributed by atoms with E-state index in [1.165, 1.54) is 51.9 Å². The third-order valence-electron chi connectivity index (χ3n) is 5.64. The molecule has 0 spiro atoms. The Labute approximate surface area is 130 Å². The largest absolute Gasteiger partial charge is 0.379 e. The van der Waals surface area contributed by atoms with Crippen molar-refractivity contribution in [2.24, 2.45) is 5.92 Å². The summed E-state index contributed by atoms with van der Waals surface area (Å²) in [5.41, 5.74) is 0. The lowest BCUT2D eigenvalue weighted by atomic mass is 9.95. The molecule has 0 amide bonds. The van der Waals surface area contributed by atoms with Crippen LogP contribution in [0.3, 0.4) is 0 Å². The van der Waals surface area contributed by atoms with Crippen molar-refractivity contribution < 1.29 is 4.74 Å². The lowest BCUT2D eigenvalue weighted by molar-refractivity contribution is 0.00572. The highest BCUT2D eigenvalue weighted by Crippen LogP contribution is 2.26. The molecule has 0 aromatic heterocycles. The molecule has 1 N–H and O–H groups in total. The van der Waals surface area contributed by atoms with Crippen molar-refractivity contribution in [1.82, 2.24) is 15.1 Å². The third-order valence-corrected chi connectivity index (χ3v) is 5.64. The van der Waals surface area contributed by atoms with Crippen LogP contribution < -0.4 is 5.32 Å². The minimum Gasteiger partial charge on any atom is -0.379 e. The predicted octanol–water partition coefficient (Wildman–Crippen LogP) is 1.56. The van der Waals surface area contributed by atoms with E-state index in [1.54, 1.807) is 0 Å². The van der Waals surface area contributed by atoms with Gasteiger partial charge in [0.1, 0.15) is 0 Å². The van der Waals surface area contributed by atoms with Gasteiger partial charge in [-0.3, -0.25) is 9.80 Å². The van der Waals surface area contributed by atoms with Crippen molar-refractivity contribution in [2.75, 3.05) is 45.9 Å². The van der Waals surface area contributed by atoms with Gasteiger partial charge in [-0.1, -0.05) is 13.3 Å². The van der Waals surface area contributed by atoms with Crippen LogP contribution in [0.2, 0.25) is 0 Å². The van der Waals surface area contributed by atoms with Crippen molar-refractivity contribution in [3.8, 4) is 0 Å². The Hall–Kier alpha value is -0.160. The van der Waals surface area contributed by atoms with Gasteiger partial charge in [-0.15, -0.1) is 0 Å². The fourth-order valence-electron chi connectivity index (χ4n) is 4.30. The Morgan fingerprint density at radius 1 is 1.19 bits per heavy atom. The molecule has 4 heteroatoms. The Balaban J connectivity index is 1.53. The van der Waals surface area contributed by atoms with Crippen molar-refractivity contribution in [3.05, 3.63) is 0 Å². The lowest BCUT2D eigenvalue weighted by Crippen LogP contribution is -2.60. The molecule has 0 aromatic carbocycles. The number of piperazine rings is 1. The number of fused-ring (bicyclic) bond motifs is 1. The second kappa shape index (κ2) is 7.40. The van der Waals surface area contributed by atoms with Crippen LogP contribution in [0, 0.1) is 5.92 Å². The molecule has 0 aliphatic carbocycles. The van der Waals surface area contributed by atoms with Crippen LogP contribution in [0.4, 0.5) is 0 Å². The van der Waals surface area contributed by atoms with Gasteiger partial charge in [0.25, 0.3) is 0 Å². The summed E-state index contributed by atoms with van der Waals surface area (Å²) in [6.45, 7) is 12.7. The van der Waals surface area contributed by atoms with Gasteiger partial charge in [-0.25, -0.2) is 0 Å². The van der Waals surface area contributed by atoms with Crippen LogP contribution >= 0.6 is 0 Å². The van der Waals surface area contributed by atoms with E-state index in [0.29, 0.717) is 18.0 Å². The Kier molecular flexibility index (Phi) is 5.54. The molecule has 21 heavy (non-hydrogen) atoms. The van der Waals surface area contributed by atoms with Gasteiger partial charge in [0, 0.05) is 43.7 Å². The van der Waals surface area contributed by atoms with Crippen LogP contribution in [-0.4, -0.2) is 73.9 Å². The monoisotopic (exact) mass is 295 g/mol. The molecule has 3 heterocycles. The van der Waals surface area contributed by atoms with Gasteiger partial charge >= 0.3 is 0 Å². The number of nitrogens with one attached hydrogen (secondary N) is 1. The molecular formula is C17H33N3O. The average molecular weight is 295 g/mol. The summed E-state index contributed by atoms with van der Waals surface area (Å²) in [6.07, 6.45) is 5.45. The first-order valence-electron chi connectivity index (χ1n) is 9.07. The zero-order chi connectivity index (χ0) is 14.7. The quantitative estimate of drug-likeness (QED) is 0.833.